The Hall–Kier alpha value is -2.20. The summed E-state index contributed by atoms with van der Waals surface area (Å²) in [6.45, 7) is 0.422. The number of ether oxygens (including phenoxy) is 1. The summed E-state index contributed by atoms with van der Waals surface area (Å²) in [5, 5.41) is 0.650. The number of H-pyrrole nitrogens is 1. The Bertz CT molecular complexity index is 820. The lowest BCUT2D eigenvalue weighted by Crippen LogP contribution is -2.17. The van der Waals surface area contributed by atoms with Gasteiger partial charge < -0.3 is 9.72 Å². The maximum absolute atomic E-state index is 12.1. The van der Waals surface area contributed by atoms with E-state index in [1.807, 2.05) is 42.5 Å². The van der Waals surface area contributed by atoms with Crippen molar-refractivity contribution < 1.29 is 4.74 Å². The fourth-order valence-corrected chi connectivity index (χ4v) is 2.47. The quantitative estimate of drug-likeness (QED) is 0.805. The molecule has 0 saturated heterocycles. The van der Waals surface area contributed by atoms with E-state index in [9.17, 15) is 4.79 Å². The Labute approximate surface area is 120 Å². The molecule has 4 nitrogen and oxygen atoms in total. The van der Waals surface area contributed by atoms with Crippen LogP contribution >= 0.6 is 11.6 Å². The summed E-state index contributed by atoms with van der Waals surface area (Å²) in [6, 6.07) is 13.1. The van der Waals surface area contributed by atoms with Crippen molar-refractivity contribution in [3.8, 4) is 5.75 Å². The number of halogens is 1. The number of nitrogens with one attached hydrogen (secondary N) is 1. The predicted molar refractivity (Wildman–Crippen MR) is 79.7 cm³/mol. The molecule has 0 bridgehead atoms. The molecule has 1 N–H and O–H groups in total. The first-order valence-electron chi connectivity index (χ1n) is 6.19. The Morgan fingerprint density at radius 2 is 2.00 bits per heavy atom. The van der Waals surface area contributed by atoms with Crippen molar-refractivity contribution in [2.75, 3.05) is 7.11 Å². The Morgan fingerprint density at radius 1 is 1.20 bits per heavy atom. The molecule has 3 aromatic rings. The van der Waals surface area contributed by atoms with E-state index in [2.05, 4.69) is 4.98 Å². The highest BCUT2D eigenvalue weighted by molar-refractivity contribution is 6.31. The van der Waals surface area contributed by atoms with Crippen LogP contribution in [0.1, 0.15) is 5.56 Å². The molecule has 0 fully saturated rings. The first-order valence-corrected chi connectivity index (χ1v) is 6.57. The highest BCUT2D eigenvalue weighted by Crippen LogP contribution is 2.23. The smallest absolute Gasteiger partial charge is 0.326 e. The van der Waals surface area contributed by atoms with Gasteiger partial charge in [0.15, 0.2) is 0 Å². The zero-order chi connectivity index (χ0) is 14.1. The van der Waals surface area contributed by atoms with E-state index in [1.54, 1.807) is 11.7 Å². The Balaban J connectivity index is 2.15. The lowest BCUT2D eigenvalue weighted by molar-refractivity contribution is 0.419. The van der Waals surface area contributed by atoms with Gasteiger partial charge in [0.2, 0.25) is 0 Å². The molecule has 0 atom stereocenters. The highest BCUT2D eigenvalue weighted by Gasteiger charge is 2.11. The zero-order valence-corrected chi connectivity index (χ0v) is 11.6. The van der Waals surface area contributed by atoms with Gasteiger partial charge >= 0.3 is 5.69 Å². The standard InChI is InChI=1S/C15H13ClN2O2/c1-20-13-8-4-7-12-14(13)17-15(19)18(12)9-10-5-2-3-6-11(10)16/h2-8H,9H2,1H3,(H,17,19). The van der Waals surface area contributed by atoms with Crippen molar-refractivity contribution in [1.29, 1.82) is 0 Å². The zero-order valence-electron chi connectivity index (χ0n) is 10.9. The number of methoxy groups -OCH3 is 1. The number of nitrogens with zero attached hydrogens (tertiary/aromatic N) is 1. The van der Waals surface area contributed by atoms with E-state index in [0.717, 1.165) is 11.1 Å². The molecule has 5 heteroatoms. The van der Waals surface area contributed by atoms with E-state index in [0.29, 0.717) is 22.8 Å². The topological polar surface area (TPSA) is 47.0 Å². The summed E-state index contributed by atoms with van der Waals surface area (Å²) in [5.41, 5.74) is 2.23. The van der Waals surface area contributed by atoms with Gasteiger partial charge in [0, 0.05) is 5.02 Å². The molecule has 0 aliphatic carbocycles. The lowest BCUT2D eigenvalue weighted by Gasteiger charge is -2.06. The molecule has 0 amide bonds. The molecule has 1 heterocycles. The summed E-state index contributed by atoms with van der Waals surface area (Å²) in [5.74, 6) is 0.650. The monoisotopic (exact) mass is 288 g/mol. The molecule has 0 unspecified atom stereocenters. The molecule has 0 aliphatic rings. The molecular formula is C15H13ClN2O2. The molecular weight excluding hydrogens is 276 g/mol. The van der Waals surface area contributed by atoms with Crippen LogP contribution in [-0.4, -0.2) is 16.7 Å². The summed E-state index contributed by atoms with van der Waals surface area (Å²) in [4.78, 5) is 15.0. The normalized spacial score (nSPS) is 10.9. The first kappa shape index (κ1) is 12.8. The number of fused-ring (bicyclic) bond motifs is 1. The Kier molecular flexibility index (Phi) is 3.24. The van der Waals surface area contributed by atoms with Crippen LogP contribution in [0.15, 0.2) is 47.3 Å². The third kappa shape index (κ3) is 2.08. The number of para-hydroxylation sites is 1. The van der Waals surface area contributed by atoms with Crippen molar-refractivity contribution in [2.45, 2.75) is 6.54 Å². The number of aromatic nitrogens is 2. The van der Waals surface area contributed by atoms with Crippen molar-refractivity contribution in [1.82, 2.24) is 9.55 Å². The van der Waals surface area contributed by atoms with Gasteiger partial charge in [-0.25, -0.2) is 4.79 Å². The molecule has 0 aliphatic heterocycles. The van der Waals surface area contributed by atoms with Crippen LogP contribution in [0.3, 0.4) is 0 Å². The van der Waals surface area contributed by atoms with Crippen LogP contribution in [0.2, 0.25) is 5.02 Å². The number of hydrogen-bond acceptors (Lipinski definition) is 2. The second kappa shape index (κ2) is 5.06. The summed E-state index contributed by atoms with van der Waals surface area (Å²) in [7, 11) is 1.58. The molecule has 20 heavy (non-hydrogen) atoms. The molecule has 0 saturated carbocycles. The van der Waals surface area contributed by atoms with Crippen LogP contribution in [-0.2, 0) is 6.54 Å². The number of rotatable bonds is 3. The summed E-state index contributed by atoms with van der Waals surface area (Å²) in [6.07, 6.45) is 0. The fraction of sp³-hybridized carbons (Fsp3) is 0.133. The minimum atomic E-state index is -0.176. The second-order valence-electron chi connectivity index (χ2n) is 4.46. The van der Waals surface area contributed by atoms with Gasteiger partial charge in [-0.3, -0.25) is 4.57 Å². The van der Waals surface area contributed by atoms with E-state index in [-0.39, 0.29) is 5.69 Å². The summed E-state index contributed by atoms with van der Waals surface area (Å²) >= 11 is 6.15. The fourth-order valence-electron chi connectivity index (χ4n) is 2.28. The number of benzene rings is 2. The van der Waals surface area contributed by atoms with Crippen LogP contribution in [0.25, 0.3) is 11.0 Å². The maximum Gasteiger partial charge on any atom is 0.326 e. The van der Waals surface area contributed by atoms with Gasteiger partial charge in [0.1, 0.15) is 11.3 Å². The largest absolute Gasteiger partial charge is 0.494 e. The minimum absolute atomic E-state index is 0.176. The third-order valence-electron chi connectivity index (χ3n) is 3.28. The maximum atomic E-state index is 12.1. The lowest BCUT2D eigenvalue weighted by atomic mass is 10.2. The highest BCUT2D eigenvalue weighted by atomic mass is 35.5. The first-order chi connectivity index (χ1) is 9.70. The molecule has 2 aromatic carbocycles. The van der Waals surface area contributed by atoms with E-state index < -0.39 is 0 Å². The van der Waals surface area contributed by atoms with Crippen molar-refractivity contribution in [3.05, 3.63) is 63.5 Å². The van der Waals surface area contributed by atoms with Gasteiger partial charge in [-0.1, -0.05) is 35.9 Å². The van der Waals surface area contributed by atoms with Crippen molar-refractivity contribution in [2.24, 2.45) is 0 Å². The average Bonchev–Trinajstić information content (AvgIpc) is 2.77. The second-order valence-corrected chi connectivity index (χ2v) is 4.87. The molecule has 3 rings (SSSR count). The number of imidazole rings is 1. The number of hydrogen-bond donors (Lipinski definition) is 1. The molecule has 1 aromatic heterocycles. The SMILES string of the molecule is COc1cccc2c1[nH]c(=O)n2Cc1ccccc1Cl. The van der Waals surface area contributed by atoms with Crippen LogP contribution in [0.4, 0.5) is 0 Å². The van der Waals surface area contributed by atoms with Crippen molar-refractivity contribution >= 4 is 22.6 Å². The van der Waals surface area contributed by atoms with Gasteiger partial charge in [-0.2, -0.15) is 0 Å². The third-order valence-corrected chi connectivity index (χ3v) is 3.65. The van der Waals surface area contributed by atoms with E-state index >= 15 is 0 Å². The molecule has 0 radical (unpaired) electrons. The Morgan fingerprint density at radius 3 is 2.75 bits per heavy atom. The van der Waals surface area contributed by atoms with E-state index in [4.69, 9.17) is 16.3 Å². The number of aromatic amines is 1. The van der Waals surface area contributed by atoms with E-state index in [1.165, 1.54) is 0 Å². The van der Waals surface area contributed by atoms with Gasteiger partial charge in [0.05, 0.1) is 19.2 Å². The van der Waals surface area contributed by atoms with Gasteiger partial charge in [0.25, 0.3) is 0 Å². The minimum Gasteiger partial charge on any atom is -0.494 e. The van der Waals surface area contributed by atoms with Crippen LogP contribution in [0.5, 0.6) is 5.75 Å². The van der Waals surface area contributed by atoms with Crippen LogP contribution < -0.4 is 10.4 Å². The summed E-state index contributed by atoms with van der Waals surface area (Å²) < 4.78 is 6.91. The average molecular weight is 289 g/mol. The molecule has 0 spiro atoms. The molecule has 102 valence electrons. The van der Waals surface area contributed by atoms with Gasteiger partial charge in [-0.05, 0) is 23.8 Å². The van der Waals surface area contributed by atoms with Crippen molar-refractivity contribution in [3.63, 3.8) is 0 Å². The van der Waals surface area contributed by atoms with Crippen LogP contribution in [0, 0.1) is 0 Å². The van der Waals surface area contributed by atoms with Gasteiger partial charge in [-0.15, -0.1) is 0 Å². The predicted octanol–water partition coefficient (Wildman–Crippen LogP) is 3.04.